The van der Waals surface area contributed by atoms with Gasteiger partial charge in [0.05, 0.1) is 18.2 Å². The van der Waals surface area contributed by atoms with Crippen LogP contribution in [0.1, 0.15) is 32.6 Å². The molecule has 2 N–H and O–H groups in total. The van der Waals surface area contributed by atoms with Gasteiger partial charge in [-0.3, -0.25) is 0 Å². The van der Waals surface area contributed by atoms with Crippen molar-refractivity contribution in [2.45, 2.75) is 38.6 Å². The summed E-state index contributed by atoms with van der Waals surface area (Å²) in [6.45, 7) is 3.47. The Bertz CT molecular complexity index is 671. The average molecular weight is 335 g/mol. The summed E-state index contributed by atoms with van der Waals surface area (Å²) in [5, 5.41) is 2.54. The number of nitrogens with zero attached hydrogens (tertiary/aromatic N) is 1. The van der Waals surface area contributed by atoms with Crippen LogP contribution in [0.5, 0.6) is 11.6 Å². The number of unbranched alkanes of at least 4 members (excludes halogenated alkanes) is 1. The van der Waals surface area contributed by atoms with Gasteiger partial charge < -0.3 is 15.2 Å². The minimum absolute atomic E-state index is 0.338. The highest BCUT2D eigenvalue weighted by atomic mass is 35.5. The second kappa shape index (κ2) is 7.37. The lowest BCUT2D eigenvalue weighted by Gasteiger charge is -2.32. The molecule has 0 atom stereocenters. The molecule has 3 rings (SSSR count). The first-order valence-electron chi connectivity index (χ1n) is 8.26. The Morgan fingerprint density at radius 2 is 2.13 bits per heavy atom. The Hall–Kier alpha value is -1.52. The Balaban J connectivity index is 1.75. The molecule has 0 saturated heterocycles. The van der Waals surface area contributed by atoms with Gasteiger partial charge in [-0.2, -0.15) is 0 Å². The number of fused-ring (bicyclic) bond motifs is 1. The highest BCUT2D eigenvalue weighted by Crippen LogP contribution is 2.35. The molecule has 0 aliphatic heterocycles. The highest BCUT2D eigenvalue weighted by molar-refractivity contribution is 6.33. The van der Waals surface area contributed by atoms with E-state index in [9.17, 15) is 0 Å². The number of ether oxygens (including phenoxy) is 2. The lowest BCUT2D eigenvalue weighted by Crippen LogP contribution is -2.39. The van der Waals surface area contributed by atoms with Crippen LogP contribution in [0.15, 0.2) is 24.4 Å². The Morgan fingerprint density at radius 3 is 2.87 bits per heavy atom. The van der Waals surface area contributed by atoms with E-state index in [1.807, 2.05) is 18.2 Å². The molecule has 1 aromatic carbocycles. The average Bonchev–Trinajstić information content (AvgIpc) is 2.51. The maximum absolute atomic E-state index is 6.38. The third-order valence-corrected chi connectivity index (χ3v) is 4.56. The second-order valence-electron chi connectivity index (χ2n) is 6.23. The van der Waals surface area contributed by atoms with Crippen molar-refractivity contribution in [3.8, 4) is 11.6 Å². The molecule has 0 bridgehead atoms. The lowest BCUT2D eigenvalue weighted by molar-refractivity contribution is 0.160. The number of halogens is 1. The Morgan fingerprint density at radius 1 is 1.30 bits per heavy atom. The quantitative estimate of drug-likeness (QED) is 0.771. The fraction of sp³-hybridized carbons (Fsp3) is 0.500. The molecule has 0 unspecified atom stereocenters. The van der Waals surface area contributed by atoms with E-state index >= 15 is 0 Å². The molecule has 23 heavy (non-hydrogen) atoms. The predicted octanol–water partition coefficient (Wildman–Crippen LogP) is 4.18. The summed E-state index contributed by atoms with van der Waals surface area (Å²) in [6.07, 6.45) is 5.92. The third-order valence-electron chi connectivity index (χ3n) is 4.26. The lowest BCUT2D eigenvalue weighted by atomic mass is 9.82. The van der Waals surface area contributed by atoms with Crippen LogP contribution in [-0.2, 0) is 0 Å². The van der Waals surface area contributed by atoms with E-state index in [4.69, 9.17) is 26.8 Å². The summed E-state index contributed by atoms with van der Waals surface area (Å²) in [4.78, 5) is 4.32. The highest BCUT2D eigenvalue weighted by Gasteiger charge is 2.26. The number of pyridine rings is 1. The maximum Gasteiger partial charge on any atom is 0.221 e. The summed E-state index contributed by atoms with van der Waals surface area (Å²) in [5.41, 5.74) is 5.81. The molecule has 4 nitrogen and oxygen atoms in total. The zero-order valence-electron chi connectivity index (χ0n) is 13.4. The van der Waals surface area contributed by atoms with Gasteiger partial charge in [0.1, 0.15) is 5.75 Å². The predicted molar refractivity (Wildman–Crippen MR) is 93.4 cm³/mol. The molecule has 124 valence electrons. The fourth-order valence-electron chi connectivity index (χ4n) is 2.82. The van der Waals surface area contributed by atoms with E-state index in [1.54, 1.807) is 6.20 Å². The minimum atomic E-state index is 0.338. The van der Waals surface area contributed by atoms with Crippen molar-refractivity contribution in [1.29, 1.82) is 0 Å². The maximum atomic E-state index is 6.38. The molecule has 5 heteroatoms. The van der Waals surface area contributed by atoms with Crippen LogP contribution in [0.4, 0.5) is 0 Å². The molecule has 1 fully saturated rings. The van der Waals surface area contributed by atoms with Gasteiger partial charge in [-0.1, -0.05) is 24.9 Å². The number of hydrogen-bond donors (Lipinski definition) is 1. The first-order valence-corrected chi connectivity index (χ1v) is 8.64. The van der Waals surface area contributed by atoms with Crippen LogP contribution in [0, 0.1) is 5.92 Å². The Kier molecular flexibility index (Phi) is 5.23. The summed E-state index contributed by atoms with van der Waals surface area (Å²) in [5.74, 6) is 1.89. The zero-order chi connectivity index (χ0) is 16.2. The van der Waals surface area contributed by atoms with Crippen molar-refractivity contribution in [3.05, 3.63) is 29.4 Å². The van der Waals surface area contributed by atoms with E-state index in [-0.39, 0.29) is 0 Å². The molecule has 1 aliphatic carbocycles. The molecule has 2 aromatic rings. The van der Waals surface area contributed by atoms with Gasteiger partial charge in [-0.05, 0) is 48.8 Å². The number of aromatic nitrogens is 1. The van der Waals surface area contributed by atoms with E-state index in [2.05, 4.69) is 11.9 Å². The van der Waals surface area contributed by atoms with Crippen molar-refractivity contribution in [2.24, 2.45) is 11.7 Å². The monoisotopic (exact) mass is 334 g/mol. The standard InChI is InChI=1S/C18H23ClN2O2/c1-2-3-6-22-18-15-10-16(19)17(9-13(15)4-5-21-18)23-11-12-7-14(20)8-12/h4-5,9-10,12,14H,2-3,6-8,11,20H2,1H3/t12-,14-. The molecule has 0 radical (unpaired) electrons. The van der Waals surface area contributed by atoms with Gasteiger partial charge in [0.25, 0.3) is 0 Å². The Labute approximate surface area is 141 Å². The van der Waals surface area contributed by atoms with Gasteiger partial charge in [0, 0.05) is 17.6 Å². The van der Waals surface area contributed by atoms with E-state index in [0.717, 1.165) is 36.5 Å². The molecule has 0 amide bonds. The second-order valence-corrected chi connectivity index (χ2v) is 6.64. The summed E-state index contributed by atoms with van der Waals surface area (Å²) >= 11 is 6.38. The minimum Gasteiger partial charge on any atom is -0.492 e. The first kappa shape index (κ1) is 16.3. The van der Waals surface area contributed by atoms with Crippen molar-refractivity contribution in [1.82, 2.24) is 4.98 Å². The van der Waals surface area contributed by atoms with Crippen LogP contribution in [0.2, 0.25) is 5.02 Å². The molecule has 1 saturated carbocycles. The molecule has 1 heterocycles. The van der Waals surface area contributed by atoms with Gasteiger partial charge >= 0.3 is 0 Å². The number of benzene rings is 1. The van der Waals surface area contributed by atoms with Gasteiger partial charge in [0.2, 0.25) is 5.88 Å². The topological polar surface area (TPSA) is 57.4 Å². The van der Waals surface area contributed by atoms with Crippen LogP contribution in [-0.4, -0.2) is 24.2 Å². The van der Waals surface area contributed by atoms with Crippen LogP contribution in [0.3, 0.4) is 0 Å². The van der Waals surface area contributed by atoms with E-state index in [1.165, 1.54) is 0 Å². The molecule has 0 spiro atoms. The van der Waals surface area contributed by atoms with Crippen molar-refractivity contribution in [2.75, 3.05) is 13.2 Å². The smallest absolute Gasteiger partial charge is 0.221 e. The van der Waals surface area contributed by atoms with Crippen LogP contribution >= 0.6 is 11.6 Å². The summed E-state index contributed by atoms with van der Waals surface area (Å²) in [6, 6.07) is 6.13. The number of rotatable bonds is 7. The number of nitrogens with two attached hydrogens (primary N) is 1. The fourth-order valence-corrected chi connectivity index (χ4v) is 3.04. The van der Waals surface area contributed by atoms with Crippen LogP contribution < -0.4 is 15.2 Å². The largest absolute Gasteiger partial charge is 0.492 e. The number of hydrogen-bond acceptors (Lipinski definition) is 4. The molecule has 1 aliphatic rings. The zero-order valence-corrected chi connectivity index (χ0v) is 14.2. The molecule has 1 aromatic heterocycles. The SMILES string of the molecule is CCCCOc1nccc2cc(OC[C@H]3C[C@H](N)C3)c(Cl)cc12. The van der Waals surface area contributed by atoms with E-state index < -0.39 is 0 Å². The molecular formula is C18H23ClN2O2. The third kappa shape index (κ3) is 3.88. The normalized spacial score (nSPS) is 20.3. The van der Waals surface area contributed by atoms with Crippen molar-refractivity contribution < 1.29 is 9.47 Å². The van der Waals surface area contributed by atoms with Crippen molar-refractivity contribution in [3.63, 3.8) is 0 Å². The van der Waals surface area contributed by atoms with Gasteiger partial charge in [0.15, 0.2) is 0 Å². The van der Waals surface area contributed by atoms with E-state index in [0.29, 0.717) is 41.8 Å². The first-order chi connectivity index (χ1) is 11.2. The summed E-state index contributed by atoms with van der Waals surface area (Å²) in [7, 11) is 0. The van der Waals surface area contributed by atoms with Crippen LogP contribution in [0.25, 0.3) is 10.8 Å². The van der Waals surface area contributed by atoms with Gasteiger partial charge in [-0.15, -0.1) is 0 Å². The van der Waals surface area contributed by atoms with Gasteiger partial charge in [-0.25, -0.2) is 4.98 Å². The summed E-state index contributed by atoms with van der Waals surface area (Å²) < 4.78 is 11.7. The van der Waals surface area contributed by atoms with Crippen molar-refractivity contribution >= 4 is 22.4 Å². The molecular weight excluding hydrogens is 312 g/mol.